The quantitative estimate of drug-likeness (QED) is 0.723. The van der Waals surface area contributed by atoms with Crippen LogP contribution < -0.4 is 5.32 Å². The van der Waals surface area contributed by atoms with Gasteiger partial charge in [0.15, 0.2) is 0 Å². The topological polar surface area (TPSA) is 15.3 Å². The maximum atomic E-state index is 3.38. The molecule has 2 heteroatoms. The minimum atomic E-state index is 0.677. The van der Waals surface area contributed by atoms with Crippen LogP contribution in [-0.4, -0.2) is 38.6 Å². The first-order chi connectivity index (χ1) is 6.77. The van der Waals surface area contributed by atoms with Crippen molar-refractivity contribution in [1.29, 1.82) is 0 Å². The summed E-state index contributed by atoms with van der Waals surface area (Å²) >= 11 is 0. The molecule has 2 fully saturated rings. The highest BCUT2D eigenvalue weighted by molar-refractivity contribution is 4.96. The van der Waals surface area contributed by atoms with Crippen molar-refractivity contribution in [3.05, 3.63) is 0 Å². The van der Waals surface area contributed by atoms with Crippen LogP contribution in [0.2, 0.25) is 0 Å². The Bertz CT molecular complexity index is 185. The van der Waals surface area contributed by atoms with Crippen molar-refractivity contribution in [2.75, 3.05) is 33.7 Å². The smallest absolute Gasteiger partial charge is 0.00381 e. The van der Waals surface area contributed by atoms with Gasteiger partial charge in [0, 0.05) is 6.54 Å². The molecule has 14 heavy (non-hydrogen) atoms. The van der Waals surface area contributed by atoms with Crippen LogP contribution in [0.25, 0.3) is 0 Å². The fraction of sp³-hybridized carbons (Fsp3) is 1.00. The molecule has 0 aromatic heterocycles. The highest BCUT2D eigenvalue weighted by Gasteiger charge is 2.43. The van der Waals surface area contributed by atoms with E-state index in [0.717, 1.165) is 5.92 Å². The third kappa shape index (κ3) is 1.82. The number of hydrogen-bond donors (Lipinski definition) is 1. The van der Waals surface area contributed by atoms with Gasteiger partial charge in [0.05, 0.1) is 0 Å². The third-order valence-corrected chi connectivity index (χ3v) is 4.36. The van der Waals surface area contributed by atoms with Crippen LogP contribution in [0.3, 0.4) is 0 Å². The Balaban J connectivity index is 2.06. The van der Waals surface area contributed by atoms with Gasteiger partial charge in [-0.3, -0.25) is 0 Å². The molecule has 1 heterocycles. The summed E-state index contributed by atoms with van der Waals surface area (Å²) in [4.78, 5) is 2.54. The number of nitrogens with one attached hydrogen (secondary N) is 1. The van der Waals surface area contributed by atoms with E-state index in [4.69, 9.17) is 0 Å². The van der Waals surface area contributed by atoms with Gasteiger partial charge in [-0.1, -0.05) is 12.8 Å². The Kier molecular flexibility index (Phi) is 3.13. The first-order valence-corrected chi connectivity index (χ1v) is 6.10. The SMILES string of the molecule is CNCC1CCN(C)CC12CCCC2. The molecule has 2 rings (SSSR count). The van der Waals surface area contributed by atoms with E-state index in [1.807, 2.05) is 0 Å². The zero-order valence-corrected chi connectivity index (χ0v) is 9.68. The maximum Gasteiger partial charge on any atom is 0.00381 e. The van der Waals surface area contributed by atoms with Gasteiger partial charge in [-0.25, -0.2) is 0 Å². The fourth-order valence-corrected chi connectivity index (χ4v) is 3.64. The first kappa shape index (κ1) is 10.4. The number of piperidine rings is 1. The van der Waals surface area contributed by atoms with Crippen LogP contribution in [-0.2, 0) is 0 Å². The van der Waals surface area contributed by atoms with Gasteiger partial charge < -0.3 is 10.2 Å². The van der Waals surface area contributed by atoms with E-state index in [0.29, 0.717) is 5.41 Å². The summed E-state index contributed by atoms with van der Waals surface area (Å²) in [5.41, 5.74) is 0.677. The summed E-state index contributed by atoms with van der Waals surface area (Å²) in [7, 11) is 4.39. The molecule has 1 spiro atoms. The molecule has 0 radical (unpaired) electrons. The molecule has 1 N–H and O–H groups in total. The Labute approximate surface area is 88.1 Å². The zero-order chi connectivity index (χ0) is 10.0. The molecule has 1 aliphatic heterocycles. The fourth-order valence-electron chi connectivity index (χ4n) is 3.64. The molecule has 0 aromatic carbocycles. The molecule has 1 saturated carbocycles. The average Bonchev–Trinajstić information content (AvgIpc) is 2.60. The van der Waals surface area contributed by atoms with Crippen LogP contribution in [0.4, 0.5) is 0 Å². The monoisotopic (exact) mass is 196 g/mol. The maximum absolute atomic E-state index is 3.38. The number of likely N-dealkylation sites (tertiary alicyclic amines) is 1. The molecule has 2 aliphatic rings. The molecule has 1 unspecified atom stereocenters. The van der Waals surface area contributed by atoms with Gasteiger partial charge in [0.2, 0.25) is 0 Å². The zero-order valence-electron chi connectivity index (χ0n) is 9.68. The summed E-state index contributed by atoms with van der Waals surface area (Å²) in [6, 6.07) is 0. The summed E-state index contributed by atoms with van der Waals surface area (Å²) in [6.45, 7) is 3.88. The van der Waals surface area contributed by atoms with Gasteiger partial charge in [0.25, 0.3) is 0 Å². The van der Waals surface area contributed by atoms with E-state index < -0.39 is 0 Å². The Morgan fingerprint density at radius 1 is 1.36 bits per heavy atom. The van der Waals surface area contributed by atoms with Crippen molar-refractivity contribution < 1.29 is 0 Å². The van der Waals surface area contributed by atoms with E-state index in [1.54, 1.807) is 0 Å². The van der Waals surface area contributed by atoms with Crippen LogP contribution in [0.5, 0.6) is 0 Å². The van der Waals surface area contributed by atoms with Crippen molar-refractivity contribution in [1.82, 2.24) is 10.2 Å². The van der Waals surface area contributed by atoms with Gasteiger partial charge in [-0.15, -0.1) is 0 Å². The van der Waals surface area contributed by atoms with Crippen molar-refractivity contribution >= 4 is 0 Å². The van der Waals surface area contributed by atoms with Crippen LogP contribution >= 0.6 is 0 Å². The second kappa shape index (κ2) is 4.19. The number of hydrogen-bond acceptors (Lipinski definition) is 2. The summed E-state index contributed by atoms with van der Waals surface area (Å²) < 4.78 is 0. The van der Waals surface area contributed by atoms with Gasteiger partial charge in [0.1, 0.15) is 0 Å². The van der Waals surface area contributed by atoms with E-state index >= 15 is 0 Å². The average molecular weight is 196 g/mol. The predicted octanol–water partition coefficient (Wildman–Crippen LogP) is 1.72. The van der Waals surface area contributed by atoms with Crippen LogP contribution in [0.15, 0.2) is 0 Å². The standard InChI is InChI=1S/C12H24N2/c1-13-9-11-5-8-14(2)10-12(11)6-3-4-7-12/h11,13H,3-10H2,1-2H3. The molecule has 1 aliphatic carbocycles. The lowest BCUT2D eigenvalue weighted by molar-refractivity contribution is 0.0462. The Morgan fingerprint density at radius 3 is 2.71 bits per heavy atom. The van der Waals surface area contributed by atoms with E-state index in [-0.39, 0.29) is 0 Å². The molecule has 82 valence electrons. The highest BCUT2D eigenvalue weighted by atomic mass is 15.1. The molecule has 0 amide bonds. The highest BCUT2D eigenvalue weighted by Crippen LogP contribution is 2.47. The molecular weight excluding hydrogens is 172 g/mol. The lowest BCUT2D eigenvalue weighted by Crippen LogP contribution is -2.48. The predicted molar refractivity (Wildman–Crippen MR) is 60.4 cm³/mol. The largest absolute Gasteiger partial charge is 0.319 e. The Morgan fingerprint density at radius 2 is 2.07 bits per heavy atom. The lowest BCUT2D eigenvalue weighted by Gasteiger charge is -2.45. The number of rotatable bonds is 2. The van der Waals surface area contributed by atoms with E-state index in [9.17, 15) is 0 Å². The van der Waals surface area contributed by atoms with Gasteiger partial charge in [-0.2, -0.15) is 0 Å². The van der Waals surface area contributed by atoms with Crippen molar-refractivity contribution in [2.45, 2.75) is 32.1 Å². The third-order valence-electron chi connectivity index (χ3n) is 4.36. The van der Waals surface area contributed by atoms with Crippen LogP contribution in [0, 0.1) is 11.3 Å². The van der Waals surface area contributed by atoms with Gasteiger partial charge >= 0.3 is 0 Å². The van der Waals surface area contributed by atoms with E-state index in [1.165, 1.54) is 51.7 Å². The summed E-state index contributed by atoms with van der Waals surface area (Å²) in [6.07, 6.45) is 7.28. The minimum absolute atomic E-state index is 0.677. The molecule has 0 aromatic rings. The molecule has 2 nitrogen and oxygen atoms in total. The van der Waals surface area contributed by atoms with Crippen LogP contribution in [0.1, 0.15) is 32.1 Å². The van der Waals surface area contributed by atoms with Gasteiger partial charge in [-0.05, 0) is 57.8 Å². The summed E-state index contributed by atoms with van der Waals surface area (Å²) in [5.74, 6) is 0.936. The van der Waals surface area contributed by atoms with Crippen molar-refractivity contribution in [2.24, 2.45) is 11.3 Å². The normalized spacial score (nSPS) is 32.6. The first-order valence-electron chi connectivity index (χ1n) is 6.10. The van der Waals surface area contributed by atoms with E-state index in [2.05, 4.69) is 24.3 Å². The molecular formula is C12H24N2. The second-order valence-corrected chi connectivity index (χ2v) is 5.35. The van der Waals surface area contributed by atoms with Crippen molar-refractivity contribution in [3.8, 4) is 0 Å². The summed E-state index contributed by atoms with van der Waals surface area (Å²) in [5, 5.41) is 3.38. The van der Waals surface area contributed by atoms with Crippen molar-refractivity contribution in [3.63, 3.8) is 0 Å². The number of nitrogens with zero attached hydrogens (tertiary/aromatic N) is 1. The second-order valence-electron chi connectivity index (χ2n) is 5.35. The Hall–Kier alpha value is -0.0800. The minimum Gasteiger partial charge on any atom is -0.319 e. The lowest BCUT2D eigenvalue weighted by atomic mass is 9.69. The molecule has 1 saturated heterocycles. The molecule has 0 bridgehead atoms. The molecule has 1 atom stereocenters.